The first-order valence-corrected chi connectivity index (χ1v) is 17.2. The summed E-state index contributed by atoms with van der Waals surface area (Å²) in [5.74, 6) is 0. The maximum atomic E-state index is 2.39. The van der Waals surface area contributed by atoms with Crippen molar-refractivity contribution in [3.8, 4) is 11.1 Å². The summed E-state index contributed by atoms with van der Waals surface area (Å²) in [7, 11) is 0. The van der Waals surface area contributed by atoms with Crippen molar-refractivity contribution in [3.63, 3.8) is 0 Å². The predicted molar refractivity (Wildman–Crippen MR) is 209 cm³/mol. The fourth-order valence-electron chi connectivity index (χ4n) is 7.51. The largest absolute Gasteiger partial charge is 0.310 e. The summed E-state index contributed by atoms with van der Waals surface area (Å²) in [5.41, 5.74) is 5.87. The molecule has 0 spiro atoms. The molecule has 0 radical (unpaired) electrons. The Morgan fingerprint density at radius 2 is 0.958 bits per heavy atom. The second-order valence-corrected chi connectivity index (χ2v) is 13.6. The second-order valence-electron chi connectivity index (χ2n) is 12.5. The van der Waals surface area contributed by atoms with Gasteiger partial charge in [-0.2, -0.15) is 0 Å². The average molecular weight is 628 g/mol. The summed E-state index contributed by atoms with van der Waals surface area (Å²) in [6.45, 7) is 0. The summed E-state index contributed by atoms with van der Waals surface area (Å²) in [5, 5.41) is 12.9. The van der Waals surface area contributed by atoms with Crippen molar-refractivity contribution in [2.24, 2.45) is 0 Å². The van der Waals surface area contributed by atoms with Gasteiger partial charge in [0.1, 0.15) is 0 Å². The van der Waals surface area contributed by atoms with E-state index in [1.807, 2.05) is 11.3 Å². The molecule has 0 saturated carbocycles. The second kappa shape index (κ2) is 10.8. The molecule has 0 bridgehead atoms. The quantitative estimate of drug-likeness (QED) is 0.176. The lowest BCUT2D eigenvalue weighted by Gasteiger charge is -2.26. The van der Waals surface area contributed by atoms with Gasteiger partial charge in [0.05, 0.1) is 0 Å². The number of para-hydroxylation sites is 1. The molecule has 0 atom stereocenters. The molecule has 0 aliphatic carbocycles. The number of hydrogen-bond donors (Lipinski definition) is 0. The highest BCUT2D eigenvalue weighted by Gasteiger charge is 2.16. The van der Waals surface area contributed by atoms with Gasteiger partial charge in [-0.1, -0.05) is 115 Å². The summed E-state index contributed by atoms with van der Waals surface area (Å²) in [4.78, 5) is 2.37. The van der Waals surface area contributed by atoms with Crippen LogP contribution in [0.5, 0.6) is 0 Å². The summed E-state index contributed by atoms with van der Waals surface area (Å²) in [6, 6.07) is 64.5. The van der Waals surface area contributed by atoms with Crippen molar-refractivity contribution in [2.75, 3.05) is 4.90 Å². The van der Waals surface area contributed by atoms with Crippen LogP contribution in [-0.4, -0.2) is 0 Å². The number of fused-ring (bicyclic) bond motifs is 9. The van der Waals surface area contributed by atoms with Crippen LogP contribution < -0.4 is 4.90 Å². The third-order valence-corrected chi connectivity index (χ3v) is 10.9. The van der Waals surface area contributed by atoms with E-state index < -0.39 is 0 Å². The Bertz CT molecular complexity index is 2830. The zero-order chi connectivity index (χ0) is 31.6. The van der Waals surface area contributed by atoms with Crippen LogP contribution in [0.1, 0.15) is 0 Å². The van der Waals surface area contributed by atoms with Gasteiger partial charge in [-0.25, -0.2) is 0 Å². The van der Waals surface area contributed by atoms with E-state index in [1.165, 1.54) is 74.4 Å². The van der Waals surface area contributed by atoms with Gasteiger partial charge in [0.15, 0.2) is 0 Å². The van der Waals surface area contributed by atoms with Crippen LogP contribution in [-0.2, 0) is 0 Å². The normalized spacial score (nSPS) is 11.8. The maximum absolute atomic E-state index is 2.39. The molecule has 0 N–H and O–H groups in total. The lowest BCUT2D eigenvalue weighted by atomic mass is 9.91. The van der Waals surface area contributed by atoms with E-state index in [0.717, 1.165) is 17.1 Å². The van der Waals surface area contributed by atoms with Gasteiger partial charge < -0.3 is 4.90 Å². The summed E-state index contributed by atoms with van der Waals surface area (Å²) >= 11 is 1.87. The number of rotatable bonds is 4. The molecule has 0 fully saturated rings. The highest BCUT2D eigenvalue weighted by Crippen LogP contribution is 2.42. The Morgan fingerprint density at radius 3 is 1.81 bits per heavy atom. The van der Waals surface area contributed by atoms with Crippen LogP contribution >= 0.6 is 11.3 Å². The number of thiophene rings is 1. The zero-order valence-electron chi connectivity index (χ0n) is 26.1. The molecular formula is C46H29NS. The molecule has 1 heterocycles. The van der Waals surface area contributed by atoms with E-state index in [2.05, 4.69) is 181 Å². The Hall–Kier alpha value is -5.96. The molecule has 0 aliphatic rings. The van der Waals surface area contributed by atoms with Gasteiger partial charge >= 0.3 is 0 Å². The number of anilines is 3. The van der Waals surface area contributed by atoms with Gasteiger partial charge in [-0.05, 0) is 115 Å². The van der Waals surface area contributed by atoms with Crippen molar-refractivity contribution in [3.05, 3.63) is 176 Å². The Labute approximate surface area is 282 Å². The minimum absolute atomic E-state index is 1.13. The fraction of sp³-hybridized carbons (Fsp3) is 0. The van der Waals surface area contributed by atoms with Crippen molar-refractivity contribution in [1.29, 1.82) is 0 Å². The van der Waals surface area contributed by atoms with Crippen molar-refractivity contribution < 1.29 is 0 Å². The molecule has 48 heavy (non-hydrogen) atoms. The van der Waals surface area contributed by atoms with Gasteiger partial charge in [0, 0.05) is 37.2 Å². The molecule has 10 rings (SSSR count). The van der Waals surface area contributed by atoms with Crippen LogP contribution in [0.15, 0.2) is 176 Å². The minimum Gasteiger partial charge on any atom is -0.310 e. The van der Waals surface area contributed by atoms with Gasteiger partial charge in [0.2, 0.25) is 0 Å². The minimum atomic E-state index is 1.13. The predicted octanol–water partition coefficient (Wildman–Crippen LogP) is 13.8. The molecule has 9 aromatic carbocycles. The number of nitrogens with zero attached hydrogens (tertiary/aromatic N) is 1. The molecule has 1 aromatic heterocycles. The Morgan fingerprint density at radius 1 is 0.312 bits per heavy atom. The van der Waals surface area contributed by atoms with E-state index in [9.17, 15) is 0 Å². The van der Waals surface area contributed by atoms with E-state index in [0.29, 0.717) is 0 Å². The van der Waals surface area contributed by atoms with E-state index in [-0.39, 0.29) is 0 Å². The van der Waals surface area contributed by atoms with Crippen molar-refractivity contribution >= 4 is 91.7 Å². The molecule has 1 nitrogen and oxygen atoms in total. The van der Waals surface area contributed by atoms with Crippen molar-refractivity contribution in [1.82, 2.24) is 0 Å². The molecule has 0 aliphatic heterocycles. The van der Waals surface area contributed by atoms with E-state index in [1.54, 1.807) is 0 Å². The van der Waals surface area contributed by atoms with Gasteiger partial charge in [-0.3, -0.25) is 0 Å². The highest BCUT2D eigenvalue weighted by atomic mass is 32.1. The lowest BCUT2D eigenvalue weighted by molar-refractivity contribution is 1.29. The van der Waals surface area contributed by atoms with Crippen LogP contribution in [0.25, 0.3) is 74.4 Å². The van der Waals surface area contributed by atoms with Crippen molar-refractivity contribution in [2.45, 2.75) is 0 Å². The van der Waals surface area contributed by atoms with E-state index >= 15 is 0 Å². The Kier molecular flexibility index (Phi) is 6.12. The monoisotopic (exact) mass is 627 g/mol. The average Bonchev–Trinajstić information content (AvgIpc) is 3.51. The fourth-order valence-corrected chi connectivity index (χ4v) is 8.65. The third kappa shape index (κ3) is 4.31. The molecule has 0 unspecified atom stereocenters. The summed E-state index contributed by atoms with van der Waals surface area (Å²) < 4.78 is 2.66. The number of hydrogen-bond acceptors (Lipinski definition) is 2. The topological polar surface area (TPSA) is 3.24 Å². The number of benzene rings is 9. The SMILES string of the molecule is c1ccc(N(c2ccc(-c3cc4c5ccccc5ccc4c4ccccc34)cc2)c2ccc3cc4c(cc3c2)sc2ccccc24)cc1. The van der Waals surface area contributed by atoms with Gasteiger partial charge in [-0.15, -0.1) is 11.3 Å². The molecule has 0 saturated heterocycles. The van der Waals surface area contributed by atoms with Crippen LogP contribution in [0.2, 0.25) is 0 Å². The van der Waals surface area contributed by atoms with Crippen LogP contribution in [0, 0.1) is 0 Å². The van der Waals surface area contributed by atoms with Crippen LogP contribution in [0.3, 0.4) is 0 Å². The molecule has 2 heteroatoms. The molecule has 0 amide bonds. The molecule has 10 aromatic rings. The van der Waals surface area contributed by atoms with Crippen LogP contribution in [0.4, 0.5) is 17.1 Å². The van der Waals surface area contributed by atoms with E-state index in [4.69, 9.17) is 0 Å². The maximum Gasteiger partial charge on any atom is 0.0468 e. The molecule has 224 valence electrons. The Balaban J connectivity index is 1.12. The summed E-state index contributed by atoms with van der Waals surface area (Å²) in [6.07, 6.45) is 0. The third-order valence-electron chi connectivity index (χ3n) is 9.80. The first-order chi connectivity index (χ1) is 23.8. The lowest BCUT2D eigenvalue weighted by Crippen LogP contribution is -2.09. The first kappa shape index (κ1) is 27.2. The molecular weight excluding hydrogens is 599 g/mol. The van der Waals surface area contributed by atoms with Gasteiger partial charge in [0.25, 0.3) is 0 Å². The zero-order valence-corrected chi connectivity index (χ0v) is 26.9. The highest BCUT2D eigenvalue weighted by molar-refractivity contribution is 7.25. The first-order valence-electron chi connectivity index (χ1n) is 16.4. The standard InChI is InChI=1S/C46H29NS/c1-2-11-34(12-3-1)47(36-24-20-32-27-44-41-16-8-9-17-45(41)48-46(44)28-33(32)26-36)35-22-18-31(19-23-35)42-29-43-37-13-5-4-10-30(37)21-25-40(43)38-14-6-7-15-39(38)42/h1-29H. The smallest absolute Gasteiger partial charge is 0.0468 e.